The number of aromatic nitrogens is 1. The van der Waals surface area contributed by atoms with E-state index in [0.29, 0.717) is 20.5 Å². The summed E-state index contributed by atoms with van der Waals surface area (Å²) < 4.78 is 46.7. The lowest BCUT2D eigenvalue weighted by molar-refractivity contribution is -0.137. The molecule has 0 radical (unpaired) electrons. The molecule has 2 aromatic heterocycles. The van der Waals surface area contributed by atoms with Crippen molar-refractivity contribution < 1.29 is 22.4 Å². The molecule has 30 heavy (non-hydrogen) atoms. The Bertz CT molecular complexity index is 1170. The quantitative estimate of drug-likeness (QED) is 0.368. The van der Waals surface area contributed by atoms with Crippen LogP contribution in [0.15, 0.2) is 57.9 Å². The van der Waals surface area contributed by atoms with Gasteiger partial charge in [-0.25, -0.2) is 0 Å². The fourth-order valence-electron chi connectivity index (χ4n) is 3.17. The van der Waals surface area contributed by atoms with E-state index in [1.54, 1.807) is 22.9 Å². The number of alkyl halides is 3. The Morgan fingerprint density at radius 1 is 1.07 bits per heavy atom. The summed E-state index contributed by atoms with van der Waals surface area (Å²) >= 11 is 6.52. The van der Waals surface area contributed by atoms with E-state index in [-0.39, 0.29) is 11.7 Å². The second-order valence-corrected chi connectivity index (χ2v) is 8.38. The Balaban J connectivity index is 1.62. The standard InChI is InChI=1S/C21H15F3N2O2S2/c1-12-6-7-13(2)25(12)26-19(27)18(30-20(26)29)11-16-8-9-17(28-16)14-4-3-5-15(10-14)21(22,23)24/h3-11H,1-2H3/b18-11-. The second kappa shape index (κ2) is 7.48. The Labute approximate surface area is 179 Å². The SMILES string of the molecule is Cc1ccc(C)n1N1C(=O)/C(=C/c2ccc(-c3cccc(C(F)(F)F)c3)o2)SC1=S. The molecule has 0 atom stereocenters. The summed E-state index contributed by atoms with van der Waals surface area (Å²) in [6.07, 6.45) is -2.89. The average Bonchev–Trinajstić information content (AvgIpc) is 3.35. The van der Waals surface area contributed by atoms with Gasteiger partial charge in [-0.1, -0.05) is 23.9 Å². The van der Waals surface area contributed by atoms with Gasteiger partial charge in [0.05, 0.1) is 10.5 Å². The van der Waals surface area contributed by atoms with Gasteiger partial charge in [-0.05, 0) is 62.5 Å². The fraction of sp³-hybridized carbons (Fsp3) is 0.143. The molecule has 0 unspecified atom stereocenters. The molecule has 3 aromatic rings. The summed E-state index contributed by atoms with van der Waals surface area (Å²) in [6.45, 7) is 3.76. The zero-order chi connectivity index (χ0) is 21.6. The van der Waals surface area contributed by atoms with Crippen molar-refractivity contribution in [2.24, 2.45) is 0 Å². The Morgan fingerprint density at radius 3 is 2.43 bits per heavy atom. The van der Waals surface area contributed by atoms with Crippen molar-refractivity contribution in [3.63, 3.8) is 0 Å². The Morgan fingerprint density at radius 2 is 1.77 bits per heavy atom. The number of carbonyl (C=O) groups excluding carboxylic acids is 1. The third-order valence-electron chi connectivity index (χ3n) is 4.58. The molecule has 3 heterocycles. The Hall–Kier alpha value is -2.78. The molecule has 0 N–H and O–H groups in total. The van der Waals surface area contributed by atoms with E-state index < -0.39 is 11.7 Å². The number of nitrogens with zero attached hydrogens (tertiary/aromatic N) is 2. The normalized spacial score (nSPS) is 16.2. The first-order valence-corrected chi connectivity index (χ1v) is 10.1. The van der Waals surface area contributed by atoms with Crippen LogP contribution in [0.3, 0.4) is 0 Å². The van der Waals surface area contributed by atoms with E-state index in [1.807, 2.05) is 26.0 Å². The number of carbonyl (C=O) groups is 1. The number of amides is 1. The molecule has 1 amide bonds. The molecule has 4 nitrogen and oxygen atoms in total. The van der Waals surface area contributed by atoms with Crippen molar-refractivity contribution in [3.05, 3.63) is 76.1 Å². The maximum Gasteiger partial charge on any atom is 0.416 e. The van der Waals surface area contributed by atoms with E-state index in [9.17, 15) is 18.0 Å². The number of hydrogen-bond donors (Lipinski definition) is 0. The minimum Gasteiger partial charge on any atom is -0.457 e. The van der Waals surface area contributed by atoms with Gasteiger partial charge in [-0.15, -0.1) is 0 Å². The van der Waals surface area contributed by atoms with Crippen LogP contribution in [0.5, 0.6) is 0 Å². The molecule has 0 bridgehead atoms. The van der Waals surface area contributed by atoms with Crippen LogP contribution in [0, 0.1) is 13.8 Å². The first-order valence-electron chi connectivity index (χ1n) is 8.86. The zero-order valence-corrected chi connectivity index (χ0v) is 17.5. The molecule has 154 valence electrons. The number of thiocarbonyl (C=S) groups is 1. The van der Waals surface area contributed by atoms with Crippen LogP contribution in [0.4, 0.5) is 13.2 Å². The van der Waals surface area contributed by atoms with Crippen LogP contribution >= 0.6 is 24.0 Å². The lowest BCUT2D eigenvalue weighted by atomic mass is 10.1. The molecular weight excluding hydrogens is 433 g/mol. The third-order valence-corrected chi connectivity index (χ3v) is 5.86. The smallest absolute Gasteiger partial charge is 0.416 e. The molecular formula is C21H15F3N2O2S2. The maximum absolute atomic E-state index is 12.9. The fourth-order valence-corrected chi connectivity index (χ4v) is 4.39. The number of thioether (sulfide) groups is 1. The predicted octanol–water partition coefficient (Wildman–Crippen LogP) is 5.92. The summed E-state index contributed by atoms with van der Waals surface area (Å²) in [5, 5.41) is 1.42. The van der Waals surface area contributed by atoms with Gasteiger partial charge in [0.1, 0.15) is 11.5 Å². The van der Waals surface area contributed by atoms with Crippen molar-refractivity contribution >= 4 is 40.3 Å². The molecule has 0 aliphatic carbocycles. The third kappa shape index (κ3) is 3.70. The van der Waals surface area contributed by atoms with Gasteiger partial charge in [0.2, 0.25) is 0 Å². The first-order chi connectivity index (χ1) is 14.1. The minimum atomic E-state index is -4.44. The van der Waals surface area contributed by atoms with Gasteiger partial charge < -0.3 is 4.42 Å². The lowest BCUT2D eigenvalue weighted by Gasteiger charge is -2.20. The summed E-state index contributed by atoms with van der Waals surface area (Å²) in [6, 6.07) is 11.9. The van der Waals surface area contributed by atoms with E-state index in [2.05, 4.69) is 0 Å². The molecule has 1 saturated heterocycles. The first kappa shape index (κ1) is 20.5. The molecule has 0 saturated carbocycles. The maximum atomic E-state index is 12.9. The van der Waals surface area contributed by atoms with Gasteiger partial charge >= 0.3 is 6.18 Å². The van der Waals surface area contributed by atoms with Gasteiger partial charge in [-0.2, -0.15) is 18.2 Å². The van der Waals surface area contributed by atoms with Gasteiger partial charge in [0.25, 0.3) is 5.91 Å². The molecule has 1 aliphatic heterocycles. The van der Waals surface area contributed by atoms with Crippen molar-refractivity contribution in [1.82, 2.24) is 4.68 Å². The number of rotatable bonds is 3. The highest BCUT2D eigenvalue weighted by molar-refractivity contribution is 8.27. The van der Waals surface area contributed by atoms with E-state index in [0.717, 1.165) is 35.3 Å². The minimum absolute atomic E-state index is 0.278. The monoisotopic (exact) mass is 448 g/mol. The summed E-state index contributed by atoms with van der Waals surface area (Å²) in [4.78, 5) is 13.3. The van der Waals surface area contributed by atoms with Gasteiger partial charge in [-0.3, -0.25) is 9.47 Å². The van der Waals surface area contributed by atoms with Crippen LogP contribution in [-0.2, 0) is 11.0 Å². The molecule has 1 fully saturated rings. The summed E-state index contributed by atoms with van der Waals surface area (Å²) in [7, 11) is 0. The molecule has 1 aliphatic rings. The van der Waals surface area contributed by atoms with Crippen molar-refractivity contribution in [2.45, 2.75) is 20.0 Å². The number of halogens is 3. The number of aryl methyl sites for hydroxylation is 2. The van der Waals surface area contributed by atoms with Crippen LogP contribution in [0.2, 0.25) is 0 Å². The summed E-state index contributed by atoms with van der Waals surface area (Å²) in [5.41, 5.74) is 1.29. The second-order valence-electron chi connectivity index (χ2n) is 6.70. The van der Waals surface area contributed by atoms with E-state index in [4.69, 9.17) is 16.6 Å². The largest absolute Gasteiger partial charge is 0.457 e. The Kier molecular flexibility index (Phi) is 5.11. The molecule has 0 spiro atoms. The number of furan rings is 1. The highest BCUT2D eigenvalue weighted by Gasteiger charge is 2.35. The van der Waals surface area contributed by atoms with Crippen molar-refractivity contribution in [2.75, 3.05) is 5.01 Å². The lowest BCUT2D eigenvalue weighted by Crippen LogP contribution is -2.39. The van der Waals surface area contributed by atoms with Gasteiger partial charge in [0.15, 0.2) is 4.32 Å². The predicted molar refractivity (Wildman–Crippen MR) is 114 cm³/mol. The summed E-state index contributed by atoms with van der Waals surface area (Å²) in [5.74, 6) is 0.341. The van der Waals surface area contributed by atoms with Crippen molar-refractivity contribution in [3.8, 4) is 11.3 Å². The number of benzene rings is 1. The molecule has 1 aromatic carbocycles. The van der Waals surface area contributed by atoms with Crippen LogP contribution < -0.4 is 5.01 Å². The van der Waals surface area contributed by atoms with Crippen LogP contribution in [0.1, 0.15) is 22.7 Å². The highest BCUT2D eigenvalue weighted by atomic mass is 32.2. The van der Waals surface area contributed by atoms with E-state index in [1.165, 1.54) is 17.1 Å². The van der Waals surface area contributed by atoms with Crippen LogP contribution in [0.25, 0.3) is 17.4 Å². The average molecular weight is 448 g/mol. The molecule has 4 rings (SSSR count). The highest BCUT2D eigenvalue weighted by Crippen LogP contribution is 2.35. The van der Waals surface area contributed by atoms with Crippen LogP contribution in [-0.4, -0.2) is 14.9 Å². The topological polar surface area (TPSA) is 38.4 Å². The van der Waals surface area contributed by atoms with Gasteiger partial charge in [0, 0.05) is 23.0 Å². The van der Waals surface area contributed by atoms with Crippen molar-refractivity contribution in [1.29, 1.82) is 0 Å². The van der Waals surface area contributed by atoms with E-state index >= 15 is 0 Å². The number of hydrogen-bond acceptors (Lipinski definition) is 4. The molecule has 9 heteroatoms. The zero-order valence-electron chi connectivity index (χ0n) is 15.9.